The number of hydrogen-bond donors (Lipinski definition) is 1. The van der Waals surface area contributed by atoms with Gasteiger partial charge in [-0.3, -0.25) is 9.89 Å². The molecule has 0 unspecified atom stereocenters. The minimum absolute atomic E-state index is 0.0388. The molecule has 0 radical (unpaired) electrons. The summed E-state index contributed by atoms with van der Waals surface area (Å²) >= 11 is 0. The summed E-state index contributed by atoms with van der Waals surface area (Å²) < 4.78 is 15.9. The number of ketones is 1. The molecule has 1 aliphatic carbocycles. The molecule has 4 rings (SSSR count). The molecule has 1 heterocycles. The number of hydrogen-bond acceptors (Lipinski definition) is 5. The van der Waals surface area contributed by atoms with E-state index < -0.39 is 0 Å². The lowest BCUT2D eigenvalue weighted by Crippen LogP contribution is -1.95. The van der Waals surface area contributed by atoms with Gasteiger partial charge in [-0.2, -0.15) is 5.10 Å². The molecule has 0 spiro atoms. The van der Waals surface area contributed by atoms with Gasteiger partial charge < -0.3 is 14.2 Å². The third-order valence-corrected chi connectivity index (χ3v) is 4.80. The van der Waals surface area contributed by atoms with Crippen LogP contribution in [-0.2, 0) is 6.42 Å². The molecule has 6 nitrogen and oxygen atoms in total. The van der Waals surface area contributed by atoms with E-state index in [1.54, 1.807) is 21.3 Å². The zero-order valence-corrected chi connectivity index (χ0v) is 15.9. The lowest BCUT2D eigenvalue weighted by Gasteiger charge is -2.06. The number of methoxy groups -OCH3 is 3. The lowest BCUT2D eigenvalue weighted by atomic mass is 10.1. The first-order valence-electron chi connectivity index (χ1n) is 8.82. The van der Waals surface area contributed by atoms with Gasteiger partial charge in [0.15, 0.2) is 5.78 Å². The Balaban J connectivity index is 1.63. The van der Waals surface area contributed by atoms with Crippen molar-refractivity contribution in [1.29, 1.82) is 0 Å². The zero-order valence-electron chi connectivity index (χ0n) is 15.9. The van der Waals surface area contributed by atoms with Crippen molar-refractivity contribution in [3.8, 4) is 28.5 Å². The molecule has 0 bridgehead atoms. The van der Waals surface area contributed by atoms with Crippen LogP contribution in [0.3, 0.4) is 0 Å². The summed E-state index contributed by atoms with van der Waals surface area (Å²) in [5, 5.41) is 7.36. The Morgan fingerprint density at radius 3 is 2.32 bits per heavy atom. The number of rotatable bonds is 5. The van der Waals surface area contributed by atoms with Gasteiger partial charge in [0.1, 0.15) is 17.2 Å². The van der Waals surface area contributed by atoms with E-state index in [0.717, 1.165) is 39.4 Å². The van der Waals surface area contributed by atoms with E-state index in [9.17, 15) is 4.79 Å². The maximum atomic E-state index is 12.7. The molecule has 0 aliphatic heterocycles. The summed E-state index contributed by atoms with van der Waals surface area (Å²) in [6, 6.07) is 13.0. The van der Waals surface area contributed by atoms with Gasteiger partial charge >= 0.3 is 0 Å². The number of carbonyl (C=O) groups excluding carboxylic acids is 1. The Morgan fingerprint density at radius 1 is 0.929 bits per heavy atom. The Labute approximate surface area is 162 Å². The number of carbonyl (C=O) groups is 1. The predicted octanol–water partition coefficient (Wildman–Crippen LogP) is 3.92. The molecule has 1 aliphatic rings. The van der Waals surface area contributed by atoms with Crippen LogP contribution in [-0.4, -0.2) is 37.3 Å². The summed E-state index contributed by atoms with van der Waals surface area (Å²) in [5.41, 5.74) is 4.80. The standard InChI is InChI=1S/C22H20N2O4/c1-26-17-4-5-20-13(8-17)6-15(22(20)25)7-16-11-21(24-23-16)14-9-18(27-2)12-19(10-14)28-3/h4-5,7-12H,6H2,1-3H3,(H,23,24). The first-order chi connectivity index (χ1) is 13.6. The van der Waals surface area contributed by atoms with Gasteiger partial charge in [0, 0.05) is 29.2 Å². The summed E-state index contributed by atoms with van der Waals surface area (Å²) in [4.78, 5) is 12.7. The van der Waals surface area contributed by atoms with E-state index in [4.69, 9.17) is 14.2 Å². The van der Waals surface area contributed by atoms with Crippen molar-refractivity contribution in [2.45, 2.75) is 6.42 Å². The molecule has 0 saturated heterocycles. The maximum absolute atomic E-state index is 12.7. The third-order valence-electron chi connectivity index (χ3n) is 4.80. The number of benzene rings is 2. The first kappa shape index (κ1) is 17.9. The van der Waals surface area contributed by atoms with Gasteiger partial charge in [-0.05, 0) is 48.0 Å². The van der Waals surface area contributed by atoms with Gasteiger partial charge in [0.25, 0.3) is 0 Å². The topological polar surface area (TPSA) is 73.4 Å². The second-order valence-corrected chi connectivity index (χ2v) is 6.51. The van der Waals surface area contributed by atoms with Gasteiger partial charge in [-0.15, -0.1) is 0 Å². The Morgan fingerprint density at radius 2 is 1.64 bits per heavy atom. The predicted molar refractivity (Wildman–Crippen MR) is 106 cm³/mol. The quantitative estimate of drug-likeness (QED) is 0.683. The molecule has 0 saturated carbocycles. The number of ether oxygens (including phenoxy) is 3. The highest BCUT2D eigenvalue weighted by Crippen LogP contribution is 2.32. The molecular weight excluding hydrogens is 356 g/mol. The summed E-state index contributed by atoms with van der Waals surface area (Å²) in [6.07, 6.45) is 2.43. The van der Waals surface area contributed by atoms with Gasteiger partial charge in [0.05, 0.1) is 32.7 Å². The lowest BCUT2D eigenvalue weighted by molar-refractivity contribution is 0.104. The number of aromatic nitrogens is 2. The van der Waals surface area contributed by atoms with E-state index in [1.165, 1.54) is 0 Å². The molecule has 0 amide bonds. The molecule has 0 fully saturated rings. The number of H-pyrrole nitrogens is 1. The zero-order chi connectivity index (χ0) is 19.7. The molecular formula is C22H20N2O4. The van der Waals surface area contributed by atoms with E-state index in [0.29, 0.717) is 17.9 Å². The Kier molecular flexibility index (Phi) is 4.61. The highest BCUT2D eigenvalue weighted by Gasteiger charge is 2.25. The summed E-state index contributed by atoms with van der Waals surface area (Å²) in [7, 11) is 4.84. The summed E-state index contributed by atoms with van der Waals surface area (Å²) in [6.45, 7) is 0. The van der Waals surface area contributed by atoms with E-state index >= 15 is 0 Å². The van der Waals surface area contributed by atoms with Crippen LogP contribution in [0.5, 0.6) is 17.2 Å². The Bertz CT molecular complexity index is 1060. The highest BCUT2D eigenvalue weighted by atomic mass is 16.5. The molecule has 1 aromatic heterocycles. The molecule has 3 aromatic rings. The van der Waals surface area contributed by atoms with Crippen molar-refractivity contribution in [3.63, 3.8) is 0 Å². The third kappa shape index (κ3) is 3.24. The normalized spacial score (nSPS) is 14.2. The minimum atomic E-state index is 0.0388. The fourth-order valence-corrected chi connectivity index (χ4v) is 3.34. The van der Waals surface area contributed by atoms with Gasteiger partial charge in [-0.25, -0.2) is 0 Å². The SMILES string of the molecule is COc1cc(OC)cc(-c2cc(C=C3Cc4cc(OC)ccc4C3=O)[nH]n2)c1. The average molecular weight is 376 g/mol. The van der Waals surface area contributed by atoms with Crippen LogP contribution in [0.1, 0.15) is 21.6 Å². The highest BCUT2D eigenvalue weighted by molar-refractivity contribution is 6.15. The molecule has 0 atom stereocenters. The molecule has 6 heteroatoms. The van der Waals surface area contributed by atoms with Crippen molar-refractivity contribution in [2.75, 3.05) is 21.3 Å². The number of allylic oxidation sites excluding steroid dienone is 1. The van der Waals surface area contributed by atoms with Crippen molar-refractivity contribution in [2.24, 2.45) is 0 Å². The maximum Gasteiger partial charge on any atom is 0.189 e. The van der Waals surface area contributed by atoms with Crippen LogP contribution in [0.4, 0.5) is 0 Å². The van der Waals surface area contributed by atoms with Gasteiger partial charge in [0.2, 0.25) is 0 Å². The van der Waals surface area contributed by atoms with Crippen molar-refractivity contribution < 1.29 is 19.0 Å². The number of fused-ring (bicyclic) bond motifs is 1. The van der Waals surface area contributed by atoms with Crippen molar-refractivity contribution in [3.05, 3.63) is 64.9 Å². The first-order valence-corrected chi connectivity index (χ1v) is 8.82. The number of aromatic amines is 1. The largest absolute Gasteiger partial charge is 0.497 e. The fourth-order valence-electron chi connectivity index (χ4n) is 3.34. The van der Waals surface area contributed by atoms with Gasteiger partial charge in [-0.1, -0.05) is 0 Å². The van der Waals surface area contributed by atoms with Crippen LogP contribution >= 0.6 is 0 Å². The smallest absolute Gasteiger partial charge is 0.189 e. The van der Waals surface area contributed by atoms with Crippen LogP contribution in [0.2, 0.25) is 0 Å². The minimum Gasteiger partial charge on any atom is -0.497 e. The summed E-state index contributed by atoms with van der Waals surface area (Å²) in [5.74, 6) is 2.17. The number of nitrogens with zero attached hydrogens (tertiary/aromatic N) is 1. The molecule has 142 valence electrons. The van der Waals surface area contributed by atoms with Crippen LogP contribution in [0.15, 0.2) is 48.0 Å². The number of nitrogens with one attached hydrogen (secondary N) is 1. The second-order valence-electron chi connectivity index (χ2n) is 6.51. The monoisotopic (exact) mass is 376 g/mol. The van der Waals surface area contributed by atoms with Crippen molar-refractivity contribution >= 4 is 11.9 Å². The second kappa shape index (κ2) is 7.23. The van der Waals surface area contributed by atoms with Crippen LogP contribution < -0.4 is 14.2 Å². The van der Waals surface area contributed by atoms with Crippen molar-refractivity contribution in [1.82, 2.24) is 10.2 Å². The average Bonchev–Trinajstić information content (AvgIpc) is 3.32. The van der Waals surface area contributed by atoms with Crippen LogP contribution in [0.25, 0.3) is 17.3 Å². The van der Waals surface area contributed by atoms with E-state index in [1.807, 2.05) is 48.5 Å². The number of Topliss-reactive ketones (excluding diaryl/α,β-unsaturated/α-hetero) is 1. The van der Waals surface area contributed by atoms with E-state index in [-0.39, 0.29) is 5.78 Å². The van der Waals surface area contributed by atoms with Crippen LogP contribution in [0, 0.1) is 0 Å². The Hall–Kier alpha value is -3.54. The molecule has 1 N–H and O–H groups in total. The fraction of sp³-hybridized carbons (Fsp3) is 0.182. The van der Waals surface area contributed by atoms with E-state index in [2.05, 4.69) is 10.2 Å². The molecule has 2 aromatic carbocycles. The molecule has 28 heavy (non-hydrogen) atoms.